The second kappa shape index (κ2) is 11.1. The predicted molar refractivity (Wildman–Crippen MR) is 100.0 cm³/mol. The fourth-order valence-electron chi connectivity index (χ4n) is 2.65. The molecule has 0 radical (unpaired) electrons. The Morgan fingerprint density at radius 2 is 2.00 bits per heavy atom. The molecule has 1 aliphatic heterocycles. The zero-order valence-corrected chi connectivity index (χ0v) is 16.1. The molecule has 1 aromatic rings. The Morgan fingerprint density at radius 1 is 1.28 bits per heavy atom. The minimum Gasteiger partial charge on any atom is -0.354 e. The van der Waals surface area contributed by atoms with Gasteiger partial charge in [-0.2, -0.15) is 10.1 Å². The van der Waals surface area contributed by atoms with E-state index in [-0.39, 0.29) is 48.6 Å². The molecule has 4 N–H and O–H groups in total. The van der Waals surface area contributed by atoms with Crippen molar-refractivity contribution in [3.05, 3.63) is 6.33 Å². The third-order valence-electron chi connectivity index (χ3n) is 4.02. The molecule has 0 unspecified atom stereocenters. The minimum absolute atomic E-state index is 0. The quantitative estimate of drug-likeness (QED) is 0.592. The van der Waals surface area contributed by atoms with Crippen molar-refractivity contribution < 1.29 is 9.59 Å². The van der Waals surface area contributed by atoms with Crippen molar-refractivity contribution in [1.82, 2.24) is 25.0 Å². The first kappa shape index (κ1) is 23.4. The third-order valence-corrected chi connectivity index (χ3v) is 4.02. The van der Waals surface area contributed by atoms with E-state index in [9.17, 15) is 9.59 Å². The van der Waals surface area contributed by atoms with Crippen LogP contribution in [0.5, 0.6) is 0 Å². The van der Waals surface area contributed by atoms with E-state index >= 15 is 0 Å². The fraction of sp³-hybridized carbons (Fsp3) is 0.714. The molecule has 144 valence electrons. The summed E-state index contributed by atoms with van der Waals surface area (Å²) >= 11 is 0. The first-order valence-electron chi connectivity index (χ1n) is 7.84. The maximum atomic E-state index is 12.3. The highest BCUT2D eigenvalue weighted by atomic mass is 35.5. The Kier molecular flexibility index (Phi) is 10.4. The van der Waals surface area contributed by atoms with Crippen molar-refractivity contribution in [1.29, 1.82) is 0 Å². The second-order valence-electron chi connectivity index (χ2n) is 5.88. The van der Waals surface area contributed by atoms with Crippen LogP contribution in [-0.4, -0.2) is 63.7 Å². The summed E-state index contributed by atoms with van der Waals surface area (Å²) in [4.78, 5) is 29.6. The van der Waals surface area contributed by atoms with Gasteiger partial charge in [-0.15, -0.1) is 24.8 Å². The molecule has 0 aromatic carbocycles. The van der Waals surface area contributed by atoms with Crippen LogP contribution in [0, 0.1) is 5.92 Å². The van der Waals surface area contributed by atoms with Gasteiger partial charge in [-0.05, 0) is 12.8 Å². The molecule has 0 saturated carbocycles. The number of nitrogens with two attached hydrogens (primary N) is 1. The lowest BCUT2D eigenvalue weighted by molar-refractivity contribution is -0.131. The number of nitrogens with one attached hydrogen (secondary N) is 2. The van der Waals surface area contributed by atoms with Crippen LogP contribution >= 0.6 is 24.8 Å². The fourth-order valence-corrected chi connectivity index (χ4v) is 2.65. The van der Waals surface area contributed by atoms with Gasteiger partial charge in [0, 0.05) is 46.2 Å². The zero-order chi connectivity index (χ0) is 16.8. The molecule has 1 aliphatic rings. The number of anilines is 1. The van der Waals surface area contributed by atoms with Crippen molar-refractivity contribution in [2.75, 3.05) is 31.5 Å². The smallest absolute Gasteiger partial charge is 0.224 e. The van der Waals surface area contributed by atoms with Gasteiger partial charge in [-0.3, -0.25) is 9.59 Å². The highest BCUT2D eigenvalue weighted by molar-refractivity contribution is 5.85. The third kappa shape index (κ3) is 7.05. The van der Waals surface area contributed by atoms with Crippen molar-refractivity contribution >= 4 is 42.6 Å². The molecule has 25 heavy (non-hydrogen) atoms. The molecule has 1 aromatic heterocycles. The summed E-state index contributed by atoms with van der Waals surface area (Å²) in [5.74, 6) is 0.374. The molecule has 1 saturated heterocycles. The number of hydrogen-bond acceptors (Lipinski definition) is 6. The van der Waals surface area contributed by atoms with Crippen molar-refractivity contribution in [2.45, 2.75) is 25.8 Å². The van der Waals surface area contributed by atoms with Gasteiger partial charge in [0.1, 0.15) is 6.33 Å². The van der Waals surface area contributed by atoms with Gasteiger partial charge in [0.25, 0.3) is 0 Å². The summed E-state index contributed by atoms with van der Waals surface area (Å²) in [6.45, 7) is 3.51. The molecule has 2 amide bonds. The van der Waals surface area contributed by atoms with Crippen LogP contribution in [0.25, 0.3) is 0 Å². The Bertz CT molecular complexity index is 555. The molecule has 0 aliphatic carbocycles. The molecule has 0 spiro atoms. The lowest BCUT2D eigenvalue weighted by Crippen LogP contribution is -2.42. The van der Waals surface area contributed by atoms with E-state index in [0.29, 0.717) is 38.5 Å². The highest BCUT2D eigenvalue weighted by Gasteiger charge is 2.27. The van der Waals surface area contributed by atoms with Crippen LogP contribution < -0.4 is 16.4 Å². The normalized spacial score (nSPS) is 19.9. The lowest BCUT2D eigenvalue weighted by atomic mass is 10.0. The second-order valence-corrected chi connectivity index (χ2v) is 5.88. The minimum atomic E-state index is -0.206. The van der Waals surface area contributed by atoms with Crippen LogP contribution in [0.1, 0.15) is 19.8 Å². The van der Waals surface area contributed by atoms with Crippen LogP contribution in [0.4, 0.5) is 5.95 Å². The number of nitrogens with zero attached hydrogens (tertiary/aromatic N) is 4. The van der Waals surface area contributed by atoms with E-state index in [1.54, 1.807) is 16.6 Å². The molecule has 2 heterocycles. The molecule has 2 atom stereocenters. The standard InChI is InChI=1S/C14H25N7O2.2ClH/c1-10(22)21-7-11(3-4-12(15)8-21)13(23)16-5-6-17-14-18-9-19-20(14)2;;/h9,11-12H,3-8,15H2,1-2H3,(H,16,23)(H,17,18,19);2*1H/t11-,12+;;/m1../s1. The van der Waals surface area contributed by atoms with Gasteiger partial charge in [0.05, 0.1) is 5.92 Å². The number of carbonyl (C=O) groups is 2. The van der Waals surface area contributed by atoms with Gasteiger partial charge in [-0.25, -0.2) is 4.68 Å². The van der Waals surface area contributed by atoms with E-state index in [1.165, 1.54) is 13.3 Å². The van der Waals surface area contributed by atoms with Crippen LogP contribution in [0.2, 0.25) is 0 Å². The summed E-state index contributed by atoms with van der Waals surface area (Å²) < 4.78 is 1.62. The van der Waals surface area contributed by atoms with Crippen molar-refractivity contribution in [3.63, 3.8) is 0 Å². The number of amides is 2. The largest absolute Gasteiger partial charge is 0.354 e. The molecule has 0 bridgehead atoms. The Balaban J connectivity index is 0.00000288. The maximum absolute atomic E-state index is 12.3. The summed E-state index contributed by atoms with van der Waals surface area (Å²) in [6.07, 6.45) is 2.92. The van der Waals surface area contributed by atoms with Crippen molar-refractivity contribution in [2.24, 2.45) is 18.7 Å². The average Bonchev–Trinajstić information content (AvgIpc) is 2.79. The topological polar surface area (TPSA) is 118 Å². The summed E-state index contributed by atoms with van der Waals surface area (Å²) in [6, 6.07) is -0.0608. The number of rotatable bonds is 5. The number of aromatic nitrogens is 3. The van der Waals surface area contributed by atoms with Crippen LogP contribution in [0.3, 0.4) is 0 Å². The van der Waals surface area contributed by atoms with E-state index in [4.69, 9.17) is 5.73 Å². The number of carbonyl (C=O) groups excluding carboxylic acids is 2. The summed E-state index contributed by atoms with van der Waals surface area (Å²) in [7, 11) is 1.79. The first-order chi connectivity index (χ1) is 11.0. The predicted octanol–water partition coefficient (Wildman–Crippen LogP) is -0.227. The highest BCUT2D eigenvalue weighted by Crippen LogP contribution is 2.16. The van der Waals surface area contributed by atoms with Crippen LogP contribution in [-0.2, 0) is 16.6 Å². The SMILES string of the molecule is CC(=O)N1C[C@@H](N)CC[C@@H](C(=O)NCCNc2ncnn2C)C1.Cl.Cl. The number of aryl methyl sites for hydroxylation is 1. The lowest BCUT2D eigenvalue weighted by Gasteiger charge is -2.23. The maximum Gasteiger partial charge on any atom is 0.224 e. The Hall–Kier alpha value is -1.58. The van der Waals surface area contributed by atoms with Crippen LogP contribution in [0.15, 0.2) is 6.33 Å². The van der Waals surface area contributed by atoms with Crippen molar-refractivity contribution in [3.8, 4) is 0 Å². The molecule has 9 nitrogen and oxygen atoms in total. The molecule has 11 heteroatoms. The van der Waals surface area contributed by atoms with Gasteiger partial charge in [0.2, 0.25) is 17.8 Å². The van der Waals surface area contributed by atoms with E-state index < -0.39 is 0 Å². The Morgan fingerprint density at radius 3 is 2.60 bits per heavy atom. The van der Waals surface area contributed by atoms with E-state index in [1.807, 2.05) is 0 Å². The summed E-state index contributed by atoms with van der Waals surface area (Å²) in [5.41, 5.74) is 5.96. The Labute approximate surface area is 159 Å². The van der Waals surface area contributed by atoms with Gasteiger partial charge >= 0.3 is 0 Å². The van der Waals surface area contributed by atoms with E-state index in [2.05, 4.69) is 20.7 Å². The molecular formula is C14H27Cl2N7O2. The summed E-state index contributed by atoms with van der Waals surface area (Å²) in [5, 5.41) is 9.94. The van der Waals surface area contributed by atoms with Gasteiger partial charge in [-0.1, -0.05) is 0 Å². The molecular weight excluding hydrogens is 369 g/mol. The zero-order valence-electron chi connectivity index (χ0n) is 14.5. The molecule has 1 fully saturated rings. The van der Waals surface area contributed by atoms with Gasteiger partial charge in [0.15, 0.2) is 0 Å². The van der Waals surface area contributed by atoms with Gasteiger partial charge < -0.3 is 21.3 Å². The average molecular weight is 396 g/mol. The number of halogens is 2. The molecule has 2 rings (SSSR count). The first-order valence-corrected chi connectivity index (χ1v) is 7.84. The van der Waals surface area contributed by atoms with E-state index in [0.717, 1.165) is 6.42 Å². The number of likely N-dealkylation sites (tertiary alicyclic amines) is 1. The monoisotopic (exact) mass is 395 g/mol. The number of hydrogen-bond donors (Lipinski definition) is 3.